The molecule has 8 heteroatoms. The summed E-state index contributed by atoms with van der Waals surface area (Å²) in [6.07, 6.45) is 0. The van der Waals surface area contributed by atoms with Crippen molar-refractivity contribution in [1.29, 1.82) is 0 Å². The van der Waals surface area contributed by atoms with Gasteiger partial charge in [-0.25, -0.2) is 9.59 Å². The number of carbonyl (C=O) groups excluding carboxylic acids is 2. The third-order valence-corrected chi connectivity index (χ3v) is 4.19. The van der Waals surface area contributed by atoms with Crippen LogP contribution < -0.4 is 4.74 Å². The Balaban J connectivity index is 0.000000360. The summed E-state index contributed by atoms with van der Waals surface area (Å²) in [5.41, 5.74) is 1.52. The zero-order valence-corrected chi connectivity index (χ0v) is 18.4. The van der Waals surface area contributed by atoms with E-state index in [1.165, 1.54) is 18.2 Å². The third kappa shape index (κ3) is 8.38. The number of hydrogen-bond donors (Lipinski definition) is 3. The van der Waals surface area contributed by atoms with Crippen LogP contribution >= 0.6 is 0 Å². The largest absolute Gasteiger partial charge is 0.504 e. The molecular formula is C26H30O8. The van der Waals surface area contributed by atoms with Gasteiger partial charge in [-0.1, -0.05) is 37.8 Å². The molecule has 3 N–H and O–H groups in total. The van der Waals surface area contributed by atoms with Gasteiger partial charge >= 0.3 is 11.9 Å². The van der Waals surface area contributed by atoms with E-state index in [0.29, 0.717) is 24.5 Å². The smallest absolute Gasteiger partial charge is 0.338 e. The third-order valence-electron chi connectivity index (χ3n) is 4.19. The van der Waals surface area contributed by atoms with E-state index >= 15 is 0 Å². The molecule has 0 fully saturated rings. The van der Waals surface area contributed by atoms with Gasteiger partial charge in [-0.3, -0.25) is 0 Å². The van der Waals surface area contributed by atoms with E-state index in [9.17, 15) is 14.7 Å². The van der Waals surface area contributed by atoms with Crippen molar-refractivity contribution in [2.75, 3.05) is 13.2 Å². The average Bonchev–Trinajstić information content (AvgIpc) is 2.81. The normalized spacial score (nSPS) is 9.59. The Morgan fingerprint density at radius 3 is 1.74 bits per heavy atom. The molecule has 0 saturated carbocycles. The highest BCUT2D eigenvalue weighted by Crippen LogP contribution is 2.28. The molecule has 0 saturated heterocycles. The molecular weight excluding hydrogens is 440 g/mol. The summed E-state index contributed by atoms with van der Waals surface area (Å²) in [7, 11) is 0. The number of phenolic OH excluding ortho intramolecular Hbond substituents is 3. The number of hydrogen-bond acceptors (Lipinski definition) is 8. The minimum atomic E-state index is -0.516. The summed E-state index contributed by atoms with van der Waals surface area (Å²) in [6, 6.07) is 17.9. The lowest BCUT2D eigenvalue weighted by atomic mass is 10.2. The Labute approximate surface area is 199 Å². The Bertz CT molecular complexity index is 1060. The molecule has 182 valence electrons. The van der Waals surface area contributed by atoms with Crippen LogP contribution in [-0.4, -0.2) is 40.5 Å². The molecule has 0 aliphatic heterocycles. The van der Waals surface area contributed by atoms with Crippen molar-refractivity contribution >= 4 is 11.9 Å². The predicted molar refractivity (Wildman–Crippen MR) is 127 cm³/mol. The first-order valence-electron chi connectivity index (χ1n) is 10.2. The first-order chi connectivity index (χ1) is 15.8. The lowest BCUT2D eigenvalue weighted by Crippen LogP contribution is -2.04. The van der Waals surface area contributed by atoms with Crippen LogP contribution in [0.15, 0.2) is 66.7 Å². The zero-order chi connectivity index (χ0) is 24.2. The maximum absolute atomic E-state index is 11.5. The molecule has 0 spiro atoms. The molecule has 0 bridgehead atoms. The van der Waals surface area contributed by atoms with E-state index in [-0.39, 0.29) is 36.8 Å². The van der Waals surface area contributed by atoms with Gasteiger partial charge in [0.1, 0.15) is 6.61 Å². The van der Waals surface area contributed by atoms with Crippen LogP contribution in [0.5, 0.6) is 23.0 Å². The number of esters is 2. The molecule has 8 nitrogen and oxygen atoms in total. The lowest BCUT2D eigenvalue weighted by molar-refractivity contribution is 0.0516. The standard InChI is InChI=1S/C16H16O4.C9H10O4.CH4/c1-2-19-16(18)13-8-9-15(14(17)10-13)20-11-12-6-4-3-5-7-12;1-2-13-9(12)6-3-4-7(10)8(11)5-6;/h3-10,17H,2,11H2,1H3;3-5,10-11H,2H2,1H3;1H4. The van der Waals surface area contributed by atoms with Gasteiger partial charge in [0.25, 0.3) is 0 Å². The van der Waals surface area contributed by atoms with E-state index in [0.717, 1.165) is 11.6 Å². The van der Waals surface area contributed by atoms with E-state index in [4.69, 9.17) is 24.4 Å². The van der Waals surface area contributed by atoms with Gasteiger partial charge in [0, 0.05) is 0 Å². The fourth-order valence-corrected chi connectivity index (χ4v) is 2.58. The van der Waals surface area contributed by atoms with Gasteiger partial charge in [0.05, 0.1) is 24.3 Å². The summed E-state index contributed by atoms with van der Waals surface area (Å²) in [5.74, 6) is -1.30. The van der Waals surface area contributed by atoms with Crippen LogP contribution in [0, 0.1) is 0 Å². The van der Waals surface area contributed by atoms with Crippen LogP contribution in [-0.2, 0) is 16.1 Å². The molecule has 0 aliphatic carbocycles. The quantitative estimate of drug-likeness (QED) is 0.324. The van der Waals surface area contributed by atoms with E-state index < -0.39 is 11.9 Å². The number of aromatic hydroxyl groups is 3. The molecule has 3 aromatic carbocycles. The molecule has 0 atom stereocenters. The van der Waals surface area contributed by atoms with E-state index in [1.807, 2.05) is 30.3 Å². The van der Waals surface area contributed by atoms with E-state index in [1.54, 1.807) is 26.0 Å². The zero-order valence-electron chi connectivity index (χ0n) is 18.4. The van der Waals surface area contributed by atoms with Crippen molar-refractivity contribution in [2.45, 2.75) is 27.9 Å². The summed E-state index contributed by atoms with van der Waals surface area (Å²) in [5, 5.41) is 27.9. The molecule has 0 unspecified atom stereocenters. The lowest BCUT2D eigenvalue weighted by Gasteiger charge is -2.09. The van der Waals surface area contributed by atoms with Crippen molar-refractivity contribution in [2.24, 2.45) is 0 Å². The highest BCUT2D eigenvalue weighted by Gasteiger charge is 2.11. The van der Waals surface area contributed by atoms with Crippen molar-refractivity contribution in [3.05, 3.63) is 83.4 Å². The van der Waals surface area contributed by atoms with Gasteiger partial charge in [0.2, 0.25) is 0 Å². The van der Waals surface area contributed by atoms with Gasteiger partial charge < -0.3 is 29.5 Å². The average molecular weight is 471 g/mol. The number of rotatable bonds is 7. The van der Waals surface area contributed by atoms with Gasteiger partial charge in [-0.05, 0) is 55.8 Å². The minimum Gasteiger partial charge on any atom is -0.504 e. The summed E-state index contributed by atoms with van der Waals surface area (Å²) >= 11 is 0. The molecule has 0 aliphatic rings. The second-order valence-electron chi connectivity index (χ2n) is 6.60. The maximum Gasteiger partial charge on any atom is 0.338 e. The Morgan fingerprint density at radius 2 is 1.24 bits per heavy atom. The summed E-state index contributed by atoms with van der Waals surface area (Å²) < 4.78 is 15.1. The Morgan fingerprint density at radius 1 is 0.706 bits per heavy atom. The van der Waals surface area contributed by atoms with Crippen LogP contribution in [0.1, 0.15) is 47.6 Å². The number of carbonyl (C=O) groups is 2. The summed E-state index contributed by atoms with van der Waals surface area (Å²) in [6.45, 7) is 4.35. The first kappa shape index (κ1) is 27.8. The molecule has 0 aromatic heterocycles. The second-order valence-corrected chi connectivity index (χ2v) is 6.60. The molecule has 0 heterocycles. The minimum absolute atomic E-state index is 0. The number of benzene rings is 3. The van der Waals surface area contributed by atoms with Crippen molar-refractivity contribution < 1.29 is 39.1 Å². The van der Waals surface area contributed by atoms with Crippen LogP contribution in [0.25, 0.3) is 0 Å². The molecule has 34 heavy (non-hydrogen) atoms. The topological polar surface area (TPSA) is 123 Å². The molecule has 3 aromatic rings. The second kappa shape index (κ2) is 14.1. The molecule has 0 amide bonds. The fourth-order valence-electron chi connectivity index (χ4n) is 2.58. The monoisotopic (exact) mass is 470 g/mol. The summed E-state index contributed by atoms with van der Waals surface area (Å²) in [4.78, 5) is 22.6. The SMILES string of the molecule is C.CCOC(=O)c1ccc(O)c(O)c1.CCOC(=O)c1ccc(OCc2ccccc2)c(O)c1. The molecule has 0 radical (unpaired) electrons. The number of phenols is 3. The van der Waals surface area contributed by atoms with Crippen LogP contribution in [0.3, 0.4) is 0 Å². The Kier molecular flexibility index (Phi) is 11.5. The van der Waals surface area contributed by atoms with Crippen molar-refractivity contribution in [3.63, 3.8) is 0 Å². The first-order valence-corrected chi connectivity index (χ1v) is 10.2. The highest BCUT2D eigenvalue weighted by atomic mass is 16.5. The maximum atomic E-state index is 11.5. The van der Waals surface area contributed by atoms with Crippen LogP contribution in [0.2, 0.25) is 0 Å². The van der Waals surface area contributed by atoms with Gasteiger partial charge in [-0.2, -0.15) is 0 Å². The Hall–Kier alpha value is -4.20. The predicted octanol–water partition coefficient (Wildman–Crippen LogP) is 5.06. The van der Waals surface area contributed by atoms with E-state index in [2.05, 4.69) is 0 Å². The van der Waals surface area contributed by atoms with Gasteiger partial charge in [-0.15, -0.1) is 0 Å². The van der Waals surface area contributed by atoms with Gasteiger partial charge in [0.15, 0.2) is 23.0 Å². The number of ether oxygens (including phenoxy) is 3. The van der Waals surface area contributed by atoms with Crippen LogP contribution in [0.4, 0.5) is 0 Å². The van der Waals surface area contributed by atoms with Crippen molar-refractivity contribution in [1.82, 2.24) is 0 Å². The van der Waals surface area contributed by atoms with Crippen molar-refractivity contribution in [3.8, 4) is 23.0 Å². The molecule has 3 rings (SSSR count). The fraction of sp³-hybridized carbons (Fsp3) is 0.231. The highest BCUT2D eigenvalue weighted by molar-refractivity contribution is 5.90.